The number of carboxylic acids is 2. The molecule has 0 aromatic heterocycles. The van der Waals surface area contributed by atoms with Crippen LogP contribution in [0.25, 0.3) is 0 Å². The molecule has 1 aliphatic heterocycles. The number of likely N-dealkylation sites (tertiary alicyclic amines) is 1. The van der Waals surface area contributed by atoms with Crippen LogP contribution in [0.3, 0.4) is 0 Å². The van der Waals surface area contributed by atoms with Crippen molar-refractivity contribution in [3.63, 3.8) is 0 Å². The van der Waals surface area contributed by atoms with Crippen LogP contribution in [-0.2, 0) is 9.59 Å². The Kier molecular flexibility index (Phi) is 5.60. The van der Waals surface area contributed by atoms with Crippen LogP contribution in [0.1, 0.15) is 36.3 Å². The van der Waals surface area contributed by atoms with Crippen molar-refractivity contribution in [1.82, 2.24) is 4.90 Å². The van der Waals surface area contributed by atoms with E-state index in [9.17, 15) is 14.7 Å². The first-order valence-corrected chi connectivity index (χ1v) is 7.76. The first kappa shape index (κ1) is 17.3. The summed E-state index contributed by atoms with van der Waals surface area (Å²) in [5.41, 5.74) is 1.79. The van der Waals surface area contributed by atoms with Gasteiger partial charge in [-0.05, 0) is 43.0 Å². The van der Waals surface area contributed by atoms with Crippen LogP contribution in [0.5, 0.6) is 5.75 Å². The van der Waals surface area contributed by atoms with Crippen molar-refractivity contribution in [2.75, 3.05) is 20.2 Å². The van der Waals surface area contributed by atoms with E-state index in [4.69, 9.17) is 9.84 Å². The van der Waals surface area contributed by atoms with E-state index >= 15 is 0 Å². The topological polar surface area (TPSA) is 87.1 Å². The zero-order chi connectivity index (χ0) is 17.0. The van der Waals surface area contributed by atoms with E-state index in [0.29, 0.717) is 5.75 Å². The van der Waals surface area contributed by atoms with E-state index in [-0.39, 0.29) is 18.8 Å². The molecule has 126 valence electrons. The molecule has 2 rings (SSSR count). The van der Waals surface area contributed by atoms with Crippen molar-refractivity contribution in [2.24, 2.45) is 0 Å². The maximum atomic E-state index is 11.8. The summed E-state index contributed by atoms with van der Waals surface area (Å²) in [5.74, 6) is -1.53. The summed E-state index contributed by atoms with van der Waals surface area (Å²) < 4.78 is 5.28. The first-order valence-electron chi connectivity index (χ1n) is 7.76. The van der Waals surface area contributed by atoms with Gasteiger partial charge in [-0.2, -0.15) is 0 Å². The predicted octanol–water partition coefficient (Wildman–Crippen LogP) is 2.11. The number of nitrogens with zero attached hydrogens (tertiary/aromatic N) is 1. The molecule has 0 spiro atoms. The number of rotatable bonds is 8. The number of aryl methyl sites for hydroxylation is 1. The van der Waals surface area contributed by atoms with Crippen molar-refractivity contribution in [2.45, 2.75) is 38.1 Å². The van der Waals surface area contributed by atoms with Crippen LogP contribution < -0.4 is 4.74 Å². The molecule has 0 amide bonds. The number of hydrogen-bond acceptors (Lipinski definition) is 4. The van der Waals surface area contributed by atoms with Gasteiger partial charge >= 0.3 is 11.9 Å². The van der Waals surface area contributed by atoms with Crippen LogP contribution in [0.15, 0.2) is 18.2 Å². The van der Waals surface area contributed by atoms with E-state index in [1.54, 1.807) is 7.11 Å². The van der Waals surface area contributed by atoms with Crippen molar-refractivity contribution in [3.8, 4) is 5.75 Å². The van der Waals surface area contributed by atoms with Gasteiger partial charge in [0.2, 0.25) is 0 Å². The van der Waals surface area contributed by atoms with E-state index < -0.39 is 18.0 Å². The molecule has 6 nitrogen and oxygen atoms in total. The number of benzene rings is 1. The minimum Gasteiger partial charge on any atom is -0.497 e. The van der Waals surface area contributed by atoms with Crippen molar-refractivity contribution in [1.29, 1.82) is 0 Å². The number of ether oxygens (including phenoxy) is 1. The highest BCUT2D eigenvalue weighted by Crippen LogP contribution is 2.33. The molecular weight excluding hydrogens is 298 g/mol. The molecule has 2 unspecified atom stereocenters. The molecule has 0 bridgehead atoms. The normalized spacial score (nSPS) is 17.1. The fraction of sp³-hybridized carbons (Fsp3) is 0.529. The minimum absolute atomic E-state index is 0.0570. The maximum absolute atomic E-state index is 11.8. The summed E-state index contributed by atoms with van der Waals surface area (Å²) in [5, 5.41) is 18.7. The number of carboxylic acid groups (broad SMARTS) is 2. The molecule has 6 heteroatoms. The van der Waals surface area contributed by atoms with Gasteiger partial charge in [0.15, 0.2) is 0 Å². The Morgan fingerprint density at radius 1 is 1.26 bits per heavy atom. The molecule has 1 aromatic rings. The Hall–Kier alpha value is -2.08. The van der Waals surface area contributed by atoms with E-state index in [2.05, 4.69) is 0 Å². The van der Waals surface area contributed by atoms with Gasteiger partial charge in [0.25, 0.3) is 0 Å². The lowest BCUT2D eigenvalue weighted by atomic mass is 9.84. The van der Waals surface area contributed by atoms with Crippen LogP contribution in [-0.4, -0.2) is 53.3 Å². The summed E-state index contributed by atoms with van der Waals surface area (Å²) in [4.78, 5) is 24.7. The Bertz CT molecular complexity index is 582. The summed E-state index contributed by atoms with van der Waals surface area (Å²) >= 11 is 0. The van der Waals surface area contributed by atoms with E-state index in [0.717, 1.165) is 30.6 Å². The van der Waals surface area contributed by atoms with E-state index in [1.165, 1.54) is 0 Å². The monoisotopic (exact) mass is 321 g/mol. The molecule has 1 fully saturated rings. The lowest BCUT2D eigenvalue weighted by molar-refractivity contribution is -0.147. The SMILES string of the molecule is COc1cc(C)cc(C(CCC(=O)O)C(C(=O)O)N2CCC2)c1. The lowest BCUT2D eigenvalue weighted by Gasteiger charge is -2.40. The van der Waals surface area contributed by atoms with Crippen LogP contribution >= 0.6 is 0 Å². The number of hydrogen-bond donors (Lipinski definition) is 2. The third-order valence-electron chi connectivity index (χ3n) is 4.32. The number of aliphatic carboxylic acids is 2. The Balaban J connectivity index is 2.37. The minimum atomic E-state index is -0.914. The first-order chi connectivity index (χ1) is 10.9. The van der Waals surface area contributed by atoms with E-state index in [1.807, 2.05) is 30.0 Å². The molecule has 0 aliphatic carbocycles. The third-order valence-corrected chi connectivity index (χ3v) is 4.32. The highest BCUT2D eigenvalue weighted by Gasteiger charge is 2.37. The number of carbonyl (C=O) groups is 2. The Morgan fingerprint density at radius 3 is 2.43 bits per heavy atom. The smallest absolute Gasteiger partial charge is 0.321 e. The quantitative estimate of drug-likeness (QED) is 0.762. The standard InChI is InChI=1S/C17H23NO5/c1-11-8-12(10-13(9-11)23-2)14(4-5-15(19)20)16(17(21)22)18-6-3-7-18/h8-10,14,16H,3-7H2,1-2H3,(H,19,20)(H,21,22). The fourth-order valence-corrected chi connectivity index (χ4v) is 3.10. The van der Waals surface area contributed by atoms with Gasteiger partial charge in [-0.3, -0.25) is 14.5 Å². The summed E-state index contributed by atoms with van der Waals surface area (Å²) in [6, 6.07) is 4.91. The van der Waals surface area contributed by atoms with Crippen molar-refractivity contribution in [3.05, 3.63) is 29.3 Å². The average Bonchev–Trinajstić information content (AvgIpc) is 2.43. The van der Waals surface area contributed by atoms with Crippen LogP contribution in [0, 0.1) is 6.92 Å². The second-order valence-corrected chi connectivity index (χ2v) is 6.00. The highest BCUT2D eigenvalue weighted by atomic mass is 16.5. The zero-order valence-electron chi connectivity index (χ0n) is 13.5. The molecule has 2 atom stereocenters. The average molecular weight is 321 g/mol. The van der Waals surface area contributed by atoms with Gasteiger partial charge in [-0.25, -0.2) is 0 Å². The highest BCUT2D eigenvalue weighted by molar-refractivity contribution is 5.75. The van der Waals surface area contributed by atoms with Gasteiger partial charge in [-0.15, -0.1) is 0 Å². The second kappa shape index (κ2) is 7.46. The molecule has 1 aliphatic rings. The molecular formula is C17H23NO5. The zero-order valence-corrected chi connectivity index (χ0v) is 13.5. The van der Waals surface area contributed by atoms with Crippen LogP contribution in [0.2, 0.25) is 0 Å². The Morgan fingerprint density at radius 2 is 1.96 bits per heavy atom. The van der Waals surface area contributed by atoms with Gasteiger partial charge < -0.3 is 14.9 Å². The van der Waals surface area contributed by atoms with Gasteiger partial charge in [0.05, 0.1) is 7.11 Å². The summed E-state index contributed by atoms with van der Waals surface area (Å²) in [6.07, 6.45) is 1.21. The molecule has 1 heterocycles. The van der Waals surface area contributed by atoms with Gasteiger partial charge in [-0.1, -0.05) is 6.07 Å². The number of methoxy groups -OCH3 is 1. The summed E-state index contributed by atoms with van der Waals surface area (Å²) in [6.45, 7) is 3.40. The molecule has 0 saturated carbocycles. The summed E-state index contributed by atoms with van der Waals surface area (Å²) in [7, 11) is 1.56. The largest absolute Gasteiger partial charge is 0.497 e. The molecule has 0 radical (unpaired) electrons. The molecule has 23 heavy (non-hydrogen) atoms. The maximum Gasteiger partial charge on any atom is 0.321 e. The molecule has 2 N–H and O–H groups in total. The third kappa shape index (κ3) is 4.22. The molecule has 1 saturated heterocycles. The van der Waals surface area contributed by atoms with Gasteiger partial charge in [0, 0.05) is 25.4 Å². The fourth-order valence-electron chi connectivity index (χ4n) is 3.10. The Labute approximate surface area is 135 Å². The van der Waals surface area contributed by atoms with Gasteiger partial charge in [0.1, 0.15) is 11.8 Å². The second-order valence-electron chi connectivity index (χ2n) is 6.00. The van der Waals surface area contributed by atoms with Crippen LogP contribution in [0.4, 0.5) is 0 Å². The molecule has 1 aromatic carbocycles. The van der Waals surface area contributed by atoms with Crippen molar-refractivity contribution >= 4 is 11.9 Å². The predicted molar refractivity (Wildman–Crippen MR) is 85.0 cm³/mol. The van der Waals surface area contributed by atoms with Crippen molar-refractivity contribution < 1.29 is 24.5 Å². The lowest BCUT2D eigenvalue weighted by Crippen LogP contribution is -2.52.